The predicted octanol–water partition coefficient (Wildman–Crippen LogP) is 5.54. The van der Waals surface area contributed by atoms with Crippen LogP contribution >= 0.6 is 23.5 Å². The van der Waals surface area contributed by atoms with E-state index in [-0.39, 0.29) is 106 Å². The lowest BCUT2D eigenvalue weighted by molar-refractivity contribution is -0.149. The topological polar surface area (TPSA) is 474 Å². The summed E-state index contributed by atoms with van der Waals surface area (Å²) in [4.78, 5) is 233. The van der Waals surface area contributed by atoms with E-state index in [1.807, 2.05) is 26.0 Å². The summed E-state index contributed by atoms with van der Waals surface area (Å²) in [5, 5.41) is 59.3. The van der Waals surface area contributed by atoms with Crippen molar-refractivity contribution in [1.82, 2.24) is 51.9 Å². The minimum atomic E-state index is -1.89. The number of aliphatic hydroxyl groups excluding tert-OH is 1. The van der Waals surface area contributed by atoms with Crippen LogP contribution in [0.15, 0.2) is 24.3 Å². The van der Waals surface area contributed by atoms with Gasteiger partial charge in [0.1, 0.15) is 36.3 Å². The van der Waals surface area contributed by atoms with Gasteiger partial charge in [-0.05, 0) is 108 Å². The summed E-state index contributed by atoms with van der Waals surface area (Å²) in [7, 11) is 0. The highest BCUT2D eigenvalue weighted by Crippen LogP contribution is 2.33. The van der Waals surface area contributed by atoms with Crippen LogP contribution in [0.5, 0.6) is 0 Å². The second-order valence-electron chi connectivity index (χ2n) is 32.1. The molecule has 0 aromatic heterocycles. The third kappa shape index (κ3) is 32.4. The molecule has 31 nitrogen and oxygen atoms in total. The molecule has 5 aliphatic rings. The molecule has 5 aliphatic heterocycles. The number of nitrogens with two attached hydrogens (primary N) is 1. The molecule has 33 heteroatoms. The zero-order valence-electron chi connectivity index (χ0n) is 67.6. The highest BCUT2D eigenvalue weighted by Gasteiger charge is 2.48. The average Bonchev–Trinajstić information content (AvgIpc) is 1.68. The van der Waals surface area contributed by atoms with Crippen LogP contribution in [0.1, 0.15) is 251 Å². The maximum Gasteiger partial charge on any atom is 0.305 e. The van der Waals surface area contributed by atoms with Crippen LogP contribution in [-0.4, -0.2) is 234 Å². The molecule has 1 aromatic rings. The number of nitrogens with zero attached hydrogens (tertiary/aromatic N) is 3. The van der Waals surface area contributed by atoms with Crippen LogP contribution in [0.3, 0.4) is 0 Å². The number of carbonyl (C=O) groups is 16. The normalized spacial score (nSPS) is 25.7. The van der Waals surface area contributed by atoms with Gasteiger partial charge in [-0.3, -0.25) is 76.7 Å². The number of Topliss-reactive ketones (excluding diaryl/α,β-unsaturated/α-hetero) is 3. The Bertz CT molecular complexity index is 3470. The molecular formula is C82H127N11O20S2. The van der Waals surface area contributed by atoms with E-state index >= 15 is 28.8 Å². The van der Waals surface area contributed by atoms with Gasteiger partial charge in [-0.1, -0.05) is 135 Å². The van der Waals surface area contributed by atoms with Gasteiger partial charge in [-0.2, -0.15) is 23.5 Å². The summed E-state index contributed by atoms with van der Waals surface area (Å²) >= 11 is 2.41. The maximum absolute atomic E-state index is 15.6. The summed E-state index contributed by atoms with van der Waals surface area (Å²) < 4.78 is 0. The van der Waals surface area contributed by atoms with Crippen molar-refractivity contribution in [3.8, 4) is 0 Å². The van der Waals surface area contributed by atoms with Crippen LogP contribution in [0, 0.1) is 23.7 Å². The van der Waals surface area contributed by atoms with Crippen LogP contribution in [0.25, 0.3) is 0 Å². The number of carboxylic acid groups (broad SMARTS) is 3. The summed E-state index contributed by atoms with van der Waals surface area (Å²) in [6.07, 6.45) is 11.6. The number of aliphatic carboxylic acids is 3. The lowest BCUT2D eigenvalue weighted by atomic mass is 9.89. The SMILES string of the molecule is CCCCCCCCCCCCCCCCCC(=O)N[C@H]1C[C@H]2C(=O)N[C@@H](CCCCN)C(=O)C[C@H]3CSCc4ccccc4CSC[C@H](NC(=O)[C@H](CCC(=O)O)CC(=O)CNC(=O)[C@H]([C@@H](C)O)NC(=O)[C@H](CCC(=O)O)NC(=O)[C@@H]4CCCN4C(=O)[C@H](CC(=O)O)NC3=O)C(=O)C[C@@H](CC(C)C)C(=O)N3CCC[C@@H]3C(=O)N2C1. The van der Waals surface area contributed by atoms with E-state index < -0.39 is 225 Å². The average molecular weight is 1650 g/mol. The molecule has 0 saturated carbocycles. The van der Waals surface area contributed by atoms with Crippen LogP contribution in [0.4, 0.5) is 0 Å². The number of nitrogens with one attached hydrogen (secondary N) is 7. The van der Waals surface area contributed by atoms with E-state index in [2.05, 4.69) is 44.1 Å². The molecule has 5 heterocycles. The summed E-state index contributed by atoms with van der Waals surface area (Å²) in [6, 6.07) is -5.88. The number of fused-ring (bicyclic) bond motifs is 9. The molecule has 2 bridgehead atoms. The van der Waals surface area contributed by atoms with Gasteiger partial charge in [-0.25, -0.2) is 0 Å². The second-order valence-corrected chi connectivity index (χ2v) is 34.2. The maximum atomic E-state index is 15.6. The summed E-state index contributed by atoms with van der Waals surface area (Å²) in [5.74, 6) is -19.1. The number of aliphatic hydroxyl groups is 1. The molecule has 10 amide bonds. The lowest BCUT2D eigenvalue weighted by Gasteiger charge is -2.34. The molecular weight excluding hydrogens is 1520 g/mol. The van der Waals surface area contributed by atoms with Gasteiger partial charge >= 0.3 is 17.9 Å². The Labute approximate surface area is 684 Å². The lowest BCUT2D eigenvalue weighted by Crippen LogP contribution is -2.60. The first kappa shape index (κ1) is 95.8. The van der Waals surface area contributed by atoms with Crippen molar-refractivity contribution in [3.63, 3.8) is 0 Å². The molecule has 115 heavy (non-hydrogen) atoms. The first-order valence-corrected chi connectivity index (χ1v) is 44.1. The quantitative estimate of drug-likeness (QED) is 0.0394. The van der Waals surface area contributed by atoms with E-state index in [9.17, 15) is 68.4 Å². The first-order valence-electron chi connectivity index (χ1n) is 41.8. The van der Waals surface area contributed by atoms with Gasteiger partial charge in [0, 0.05) is 99.0 Å². The number of benzene rings is 1. The number of amides is 10. The van der Waals surface area contributed by atoms with Crippen molar-refractivity contribution in [1.29, 1.82) is 0 Å². The minimum Gasteiger partial charge on any atom is -0.481 e. The number of hydrogen-bond donors (Lipinski definition) is 12. The Balaban J connectivity index is 1.43. The molecule has 3 saturated heterocycles. The van der Waals surface area contributed by atoms with Gasteiger partial charge in [0.05, 0.1) is 37.1 Å². The molecule has 3 fully saturated rings. The number of carbonyl (C=O) groups excluding carboxylic acids is 13. The Kier molecular flexibility index (Phi) is 42.1. The largest absolute Gasteiger partial charge is 0.481 e. The fourth-order valence-corrected chi connectivity index (χ4v) is 18.2. The third-order valence-corrected chi connectivity index (χ3v) is 24.5. The monoisotopic (exact) mass is 1650 g/mol. The summed E-state index contributed by atoms with van der Waals surface area (Å²) in [5.41, 5.74) is 7.43. The number of unbranched alkanes of at least 4 members (excludes halogenated alkanes) is 15. The van der Waals surface area contributed by atoms with Gasteiger partial charge in [0.2, 0.25) is 59.1 Å². The smallest absolute Gasteiger partial charge is 0.305 e. The van der Waals surface area contributed by atoms with Gasteiger partial charge in [0.25, 0.3) is 0 Å². The van der Waals surface area contributed by atoms with Crippen LogP contribution < -0.4 is 43.0 Å². The molecule has 0 spiro atoms. The van der Waals surface area contributed by atoms with Crippen molar-refractivity contribution in [3.05, 3.63) is 35.4 Å². The number of rotatable bonds is 32. The van der Waals surface area contributed by atoms with E-state index in [1.54, 1.807) is 12.1 Å². The zero-order chi connectivity index (χ0) is 84.1. The fraction of sp³-hybridized carbons (Fsp3) is 0.732. The Morgan fingerprint density at radius 3 is 1.69 bits per heavy atom. The highest BCUT2D eigenvalue weighted by molar-refractivity contribution is 7.98. The second kappa shape index (κ2) is 50.6. The van der Waals surface area contributed by atoms with E-state index in [0.717, 1.165) is 55.1 Å². The van der Waals surface area contributed by atoms with Crippen molar-refractivity contribution in [2.24, 2.45) is 29.4 Å². The Hall–Kier alpha value is -8.04. The van der Waals surface area contributed by atoms with Crippen molar-refractivity contribution in [2.45, 2.75) is 312 Å². The Morgan fingerprint density at radius 2 is 1.10 bits per heavy atom. The molecule has 13 atom stereocenters. The molecule has 6 rings (SSSR count). The van der Waals surface area contributed by atoms with Gasteiger partial charge in [-0.15, -0.1) is 0 Å². The molecule has 642 valence electrons. The standard InChI is InChI=1S/C82H127N11O20S2/c1-5-6-7-8-9-10-11-12-13-14-15-16-17-18-19-31-69(98)85-58-43-66-78(109)86-60(28-22-23-36-83)67(96)42-57-49-114-47-54-26-20-21-27-55(54)48-115-50-63(68(97)41-56(39-51(2)3)80(111)92-38-25-30-65(92)82(113)93(66)46-58)89-74(105)53(32-34-70(99)100)40-59(95)45-84-79(110)73(52(4)94)90-76(107)61(33-35-71(101)102)87-77(108)64-29-24-37-91(64)81(112)62(44-72(103)104)88-75(57)106/h20-21,26-27,51-53,56-58,60-66,73,94H,5-19,22-25,28-50,83H2,1-4H3,(H,84,110)(H,85,98)(H,86,109)(H,87,108)(H,88,106)(H,89,105)(H,90,107)(H,99,100)(H,101,102)(H,103,104)/t52-,53-,56-,57+,58+,60+,61+,62+,63+,64+,65-,66+,73+/m1/s1. The van der Waals surface area contributed by atoms with E-state index in [1.165, 1.54) is 91.1 Å². The van der Waals surface area contributed by atoms with Crippen LogP contribution in [0.2, 0.25) is 0 Å². The van der Waals surface area contributed by atoms with E-state index in [0.29, 0.717) is 25.7 Å². The van der Waals surface area contributed by atoms with Crippen molar-refractivity contribution < 1.29 is 97.1 Å². The Morgan fingerprint density at radius 1 is 0.530 bits per heavy atom. The number of thioether (sulfide) groups is 2. The van der Waals surface area contributed by atoms with Crippen molar-refractivity contribution >= 4 is 118 Å². The number of ketones is 3. The van der Waals surface area contributed by atoms with Crippen molar-refractivity contribution in [2.75, 3.05) is 44.2 Å². The molecule has 0 radical (unpaired) electrons. The highest BCUT2D eigenvalue weighted by atomic mass is 32.2. The molecule has 13 N–H and O–H groups in total. The van der Waals surface area contributed by atoms with Gasteiger partial charge in [0.15, 0.2) is 17.3 Å². The summed E-state index contributed by atoms with van der Waals surface area (Å²) in [6.45, 7) is 6.11. The predicted molar refractivity (Wildman–Crippen MR) is 432 cm³/mol. The van der Waals surface area contributed by atoms with Crippen LogP contribution in [-0.2, 0) is 88.2 Å². The fourth-order valence-electron chi connectivity index (χ4n) is 15.9. The molecule has 0 aliphatic carbocycles. The molecule has 1 aromatic carbocycles. The first-order chi connectivity index (χ1) is 55.0. The number of hydrogen-bond acceptors (Lipinski definition) is 20. The number of carboxylic acids is 3. The third-order valence-electron chi connectivity index (χ3n) is 22.2. The minimum absolute atomic E-state index is 0.00139. The van der Waals surface area contributed by atoms with Gasteiger partial charge < -0.3 is 78.1 Å². The van der Waals surface area contributed by atoms with E-state index in [4.69, 9.17) is 5.73 Å². The zero-order valence-corrected chi connectivity index (χ0v) is 69.3. The molecule has 0 unspecified atom stereocenters.